The summed E-state index contributed by atoms with van der Waals surface area (Å²) in [4.78, 5) is 24.5. The second-order valence-electron chi connectivity index (χ2n) is 6.98. The molecule has 0 heterocycles. The van der Waals surface area contributed by atoms with E-state index in [0.717, 1.165) is 30.8 Å². The highest BCUT2D eigenvalue weighted by atomic mass is 79.9. The van der Waals surface area contributed by atoms with E-state index in [-0.39, 0.29) is 6.61 Å². The Balaban J connectivity index is 1.31. The van der Waals surface area contributed by atoms with Crippen molar-refractivity contribution >= 4 is 54.4 Å². The van der Waals surface area contributed by atoms with Crippen molar-refractivity contribution in [2.75, 3.05) is 6.61 Å². The zero-order valence-corrected chi connectivity index (χ0v) is 19.9. The van der Waals surface area contributed by atoms with Gasteiger partial charge >= 0.3 is 0 Å². The lowest BCUT2D eigenvalue weighted by Gasteiger charge is -2.12. The van der Waals surface area contributed by atoms with E-state index in [0.29, 0.717) is 11.3 Å². The minimum Gasteiger partial charge on any atom is -0.483 e. The molecule has 2 amide bonds. The summed E-state index contributed by atoms with van der Waals surface area (Å²) in [5, 5.41) is 2.01. The van der Waals surface area contributed by atoms with E-state index in [1.54, 1.807) is 18.2 Å². The molecule has 0 bridgehead atoms. The van der Waals surface area contributed by atoms with Crippen molar-refractivity contribution in [2.24, 2.45) is 0 Å². The van der Waals surface area contributed by atoms with Crippen molar-refractivity contribution in [3.05, 3.63) is 99.4 Å². The first-order valence-corrected chi connectivity index (χ1v) is 11.3. The summed E-state index contributed by atoms with van der Waals surface area (Å²) >= 11 is 6.98. The molecule has 0 unspecified atom stereocenters. The smallest absolute Gasteiger partial charge is 0.276 e. The van der Waals surface area contributed by atoms with Crippen LogP contribution in [-0.2, 0) is 4.79 Å². The summed E-state index contributed by atoms with van der Waals surface area (Å²) in [5.41, 5.74) is 7.30. The monoisotopic (exact) mass is 552 g/mol. The predicted molar refractivity (Wildman–Crippen MR) is 132 cm³/mol. The van der Waals surface area contributed by atoms with E-state index < -0.39 is 11.8 Å². The third-order valence-corrected chi connectivity index (χ3v) is 6.12. The Morgan fingerprint density at radius 3 is 2.25 bits per heavy atom. The molecule has 0 saturated carbocycles. The zero-order valence-electron chi connectivity index (χ0n) is 16.8. The summed E-state index contributed by atoms with van der Waals surface area (Å²) in [7, 11) is 0. The van der Waals surface area contributed by atoms with Crippen molar-refractivity contribution in [3.8, 4) is 16.9 Å². The quantitative estimate of drug-likeness (QED) is 0.304. The van der Waals surface area contributed by atoms with Gasteiger partial charge in [0, 0.05) is 10.0 Å². The van der Waals surface area contributed by atoms with Gasteiger partial charge in [0.1, 0.15) is 5.75 Å². The number of hydrogen-bond acceptors (Lipinski definition) is 3. The van der Waals surface area contributed by atoms with Crippen LogP contribution in [0.1, 0.15) is 10.4 Å². The molecule has 5 nitrogen and oxygen atoms in total. The summed E-state index contributed by atoms with van der Waals surface area (Å²) in [5.74, 6) is -0.338. The van der Waals surface area contributed by atoms with Crippen LogP contribution in [0, 0.1) is 0 Å². The number of carbonyl (C=O) groups excluding carboxylic acids is 2. The van der Waals surface area contributed by atoms with Crippen LogP contribution in [0.3, 0.4) is 0 Å². The topological polar surface area (TPSA) is 67.4 Å². The number of rotatable bonds is 5. The first-order valence-electron chi connectivity index (χ1n) is 9.76. The molecule has 32 heavy (non-hydrogen) atoms. The maximum atomic E-state index is 12.3. The molecule has 0 aliphatic carbocycles. The molecule has 0 aliphatic heterocycles. The first kappa shape index (κ1) is 22.0. The van der Waals surface area contributed by atoms with Gasteiger partial charge in [-0.15, -0.1) is 0 Å². The van der Waals surface area contributed by atoms with E-state index >= 15 is 0 Å². The van der Waals surface area contributed by atoms with Gasteiger partial charge < -0.3 is 4.74 Å². The zero-order chi connectivity index (χ0) is 22.5. The molecule has 0 atom stereocenters. The van der Waals surface area contributed by atoms with Crippen LogP contribution in [-0.4, -0.2) is 18.4 Å². The van der Waals surface area contributed by atoms with Crippen molar-refractivity contribution < 1.29 is 14.3 Å². The van der Waals surface area contributed by atoms with E-state index in [1.807, 2.05) is 66.7 Å². The van der Waals surface area contributed by atoms with Gasteiger partial charge in [-0.1, -0.05) is 70.5 Å². The molecular formula is C25H18Br2N2O3. The Bertz CT molecular complexity index is 1280. The lowest BCUT2D eigenvalue weighted by Crippen LogP contribution is -2.43. The van der Waals surface area contributed by atoms with Crippen molar-refractivity contribution in [3.63, 3.8) is 0 Å². The first-order chi connectivity index (χ1) is 15.5. The summed E-state index contributed by atoms with van der Waals surface area (Å²) in [6.07, 6.45) is 0. The third-order valence-electron chi connectivity index (χ3n) is 4.81. The molecule has 2 N–H and O–H groups in total. The van der Waals surface area contributed by atoms with E-state index in [1.165, 1.54) is 0 Å². The lowest BCUT2D eigenvalue weighted by atomic mass is 10.0. The number of hydrogen-bond donors (Lipinski definition) is 2. The van der Waals surface area contributed by atoms with Crippen molar-refractivity contribution in [1.82, 2.24) is 10.9 Å². The Kier molecular flexibility index (Phi) is 6.87. The molecule has 0 fully saturated rings. The molecule has 0 radical (unpaired) electrons. The fraction of sp³-hybridized carbons (Fsp3) is 0.0400. The number of nitrogens with one attached hydrogen (secondary N) is 2. The van der Waals surface area contributed by atoms with Crippen molar-refractivity contribution in [2.45, 2.75) is 0 Å². The Hall–Kier alpha value is -3.16. The molecular weight excluding hydrogens is 536 g/mol. The van der Waals surface area contributed by atoms with Gasteiger partial charge in [0.2, 0.25) is 0 Å². The van der Waals surface area contributed by atoms with Crippen LogP contribution >= 0.6 is 31.9 Å². The molecule has 7 heteroatoms. The standard InChI is InChI=1S/C25H18Br2N2O3/c26-20-11-12-21-19(14-20)10-13-22(24(21)27)32-15-23(30)28-29-25(31)18-8-6-17(7-9-18)16-4-2-1-3-5-16/h1-14H,15H2,(H,28,30)(H,29,31). The molecule has 4 aromatic carbocycles. The minimum absolute atomic E-state index is 0.242. The van der Waals surface area contributed by atoms with Gasteiger partial charge in [-0.2, -0.15) is 0 Å². The molecule has 4 rings (SSSR count). The molecule has 0 aliphatic rings. The highest BCUT2D eigenvalue weighted by molar-refractivity contribution is 9.11. The largest absolute Gasteiger partial charge is 0.483 e. The lowest BCUT2D eigenvalue weighted by molar-refractivity contribution is -0.123. The van der Waals surface area contributed by atoms with Crippen LogP contribution < -0.4 is 15.6 Å². The van der Waals surface area contributed by atoms with Gasteiger partial charge in [-0.25, -0.2) is 0 Å². The van der Waals surface area contributed by atoms with Crippen LogP contribution in [0.5, 0.6) is 5.75 Å². The van der Waals surface area contributed by atoms with Crippen LogP contribution in [0.25, 0.3) is 21.9 Å². The summed E-state index contributed by atoms with van der Waals surface area (Å²) in [6, 6.07) is 26.6. The second-order valence-corrected chi connectivity index (χ2v) is 8.69. The van der Waals surface area contributed by atoms with Gasteiger partial charge in [-0.3, -0.25) is 20.4 Å². The van der Waals surface area contributed by atoms with E-state index in [4.69, 9.17) is 4.74 Å². The molecule has 4 aromatic rings. The number of amides is 2. The number of hydrazine groups is 1. The molecule has 0 spiro atoms. The van der Waals surface area contributed by atoms with Gasteiger partial charge in [0.15, 0.2) is 6.61 Å². The Morgan fingerprint density at radius 2 is 1.50 bits per heavy atom. The van der Waals surface area contributed by atoms with Crippen molar-refractivity contribution in [1.29, 1.82) is 0 Å². The predicted octanol–water partition coefficient (Wildman–Crippen LogP) is 5.87. The van der Waals surface area contributed by atoms with Gasteiger partial charge in [0.05, 0.1) is 4.47 Å². The average molecular weight is 554 g/mol. The molecule has 0 aromatic heterocycles. The fourth-order valence-corrected chi connectivity index (χ4v) is 4.16. The number of halogens is 2. The highest BCUT2D eigenvalue weighted by Gasteiger charge is 2.11. The minimum atomic E-state index is -0.470. The maximum Gasteiger partial charge on any atom is 0.276 e. The summed E-state index contributed by atoms with van der Waals surface area (Å²) < 4.78 is 7.36. The normalized spacial score (nSPS) is 10.6. The van der Waals surface area contributed by atoms with Crippen LogP contribution in [0.15, 0.2) is 93.9 Å². The number of carbonyl (C=O) groups is 2. The maximum absolute atomic E-state index is 12.3. The van der Waals surface area contributed by atoms with E-state index in [9.17, 15) is 9.59 Å². The molecule has 160 valence electrons. The third kappa shape index (κ3) is 5.18. The summed E-state index contributed by atoms with van der Waals surface area (Å²) in [6.45, 7) is -0.242. The Labute approximate surface area is 202 Å². The average Bonchev–Trinajstić information content (AvgIpc) is 2.82. The Morgan fingerprint density at radius 1 is 0.781 bits per heavy atom. The SMILES string of the molecule is O=C(COc1ccc2cc(Br)ccc2c1Br)NNC(=O)c1ccc(-c2ccccc2)cc1. The van der Waals surface area contributed by atoms with Gasteiger partial charge in [-0.05, 0) is 68.2 Å². The van der Waals surface area contributed by atoms with Crippen LogP contribution in [0.4, 0.5) is 0 Å². The van der Waals surface area contributed by atoms with Crippen LogP contribution in [0.2, 0.25) is 0 Å². The molecule has 0 saturated heterocycles. The number of benzene rings is 4. The van der Waals surface area contributed by atoms with E-state index in [2.05, 4.69) is 42.7 Å². The second kappa shape index (κ2) is 9.97. The fourth-order valence-electron chi connectivity index (χ4n) is 3.18. The van der Waals surface area contributed by atoms with Gasteiger partial charge in [0.25, 0.3) is 11.8 Å². The highest BCUT2D eigenvalue weighted by Crippen LogP contribution is 2.34. The number of fused-ring (bicyclic) bond motifs is 1. The number of ether oxygens (including phenoxy) is 1.